The molecule has 3 aromatic rings. The van der Waals surface area contributed by atoms with Crippen LogP contribution in [0.5, 0.6) is 0 Å². The molecule has 0 aromatic heterocycles. The number of aryl methyl sites for hydroxylation is 1. The van der Waals surface area contributed by atoms with Gasteiger partial charge in [0, 0.05) is 23.6 Å². The average molecular weight is 667 g/mol. The number of amides is 3. The van der Waals surface area contributed by atoms with E-state index in [4.69, 9.17) is 34.8 Å². The molecule has 0 aliphatic heterocycles. The summed E-state index contributed by atoms with van der Waals surface area (Å²) in [6.07, 6.45) is -5.48. The molecule has 0 saturated heterocycles. The van der Waals surface area contributed by atoms with Crippen LogP contribution in [0.3, 0.4) is 0 Å². The molecule has 43 heavy (non-hydrogen) atoms. The van der Waals surface area contributed by atoms with Crippen LogP contribution in [0.4, 0.5) is 43.4 Å². The van der Waals surface area contributed by atoms with Crippen LogP contribution >= 0.6 is 34.8 Å². The van der Waals surface area contributed by atoms with E-state index in [1.165, 1.54) is 12.1 Å². The summed E-state index contributed by atoms with van der Waals surface area (Å²) in [5.41, 5.74) is -2.12. The summed E-state index contributed by atoms with van der Waals surface area (Å²) >= 11 is 18.8. The van der Waals surface area contributed by atoms with Gasteiger partial charge in [-0.2, -0.15) is 13.2 Å². The van der Waals surface area contributed by atoms with Crippen LogP contribution in [0.25, 0.3) is 0 Å². The van der Waals surface area contributed by atoms with Crippen LogP contribution in [0.1, 0.15) is 35.1 Å². The Balaban J connectivity index is 1.52. The maximum Gasteiger partial charge on any atom is 0.419 e. The molecular formula is C28H20Cl3F6N3O3. The smallest absolute Gasteiger partial charge is 0.326 e. The Bertz CT molecular complexity index is 1650. The molecule has 3 aromatic carbocycles. The minimum atomic E-state index is -4.98. The molecule has 0 unspecified atom stereocenters. The molecule has 0 spiro atoms. The first-order chi connectivity index (χ1) is 19.9. The molecule has 1 aliphatic rings. The van der Waals surface area contributed by atoms with E-state index in [9.17, 15) is 40.7 Å². The van der Waals surface area contributed by atoms with Gasteiger partial charge < -0.3 is 16.0 Å². The van der Waals surface area contributed by atoms with Crippen molar-refractivity contribution in [3.63, 3.8) is 0 Å². The molecule has 0 bridgehead atoms. The molecule has 3 N–H and O–H groups in total. The molecule has 1 aliphatic carbocycles. The van der Waals surface area contributed by atoms with Crippen LogP contribution in [-0.2, 0) is 27.0 Å². The highest BCUT2D eigenvalue weighted by Crippen LogP contribution is 2.65. The van der Waals surface area contributed by atoms with Gasteiger partial charge in [0.25, 0.3) is 0 Å². The maximum absolute atomic E-state index is 14.7. The van der Waals surface area contributed by atoms with Crippen molar-refractivity contribution in [3.8, 4) is 0 Å². The number of benzene rings is 3. The Morgan fingerprint density at radius 2 is 1.58 bits per heavy atom. The van der Waals surface area contributed by atoms with Crippen LogP contribution in [0.2, 0.25) is 5.02 Å². The van der Waals surface area contributed by atoms with Gasteiger partial charge in [0.2, 0.25) is 17.7 Å². The van der Waals surface area contributed by atoms with E-state index in [2.05, 4.69) is 16.0 Å². The lowest BCUT2D eigenvalue weighted by Crippen LogP contribution is -2.19. The zero-order valence-electron chi connectivity index (χ0n) is 22.0. The monoisotopic (exact) mass is 665 g/mol. The minimum Gasteiger partial charge on any atom is -0.326 e. The lowest BCUT2D eigenvalue weighted by Gasteiger charge is -2.14. The van der Waals surface area contributed by atoms with Crippen molar-refractivity contribution >= 4 is 69.6 Å². The fourth-order valence-electron chi connectivity index (χ4n) is 4.59. The van der Waals surface area contributed by atoms with E-state index < -0.39 is 75.2 Å². The number of halogens is 9. The van der Waals surface area contributed by atoms with Gasteiger partial charge in [-0.15, -0.1) is 23.2 Å². The number of nitrogens with one attached hydrogen (secondary N) is 3. The van der Waals surface area contributed by atoms with Gasteiger partial charge in [-0.05, 0) is 60.0 Å². The highest BCUT2D eigenvalue weighted by Gasteiger charge is 2.67. The highest BCUT2D eigenvalue weighted by molar-refractivity contribution is 6.53. The molecule has 0 heterocycles. The van der Waals surface area contributed by atoms with Crippen LogP contribution in [0.15, 0.2) is 42.5 Å². The van der Waals surface area contributed by atoms with Crippen molar-refractivity contribution in [3.05, 3.63) is 87.2 Å². The van der Waals surface area contributed by atoms with Gasteiger partial charge >= 0.3 is 6.18 Å². The molecule has 0 radical (unpaired) electrons. The quantitative estimate of drug-likeness (QED) is 0.178. The largest absolute Gasteiger partial charge is 0.419 e. The first-order valence-electron chi connectivity index (χ1n) is 12.3. The van der Waals surface area contributed by atoms with Gasteiger partial charge in [0.05, 0.1) is 23.6 Å². The van der Waals surface area contributed by atoms with Crippen molar-refractivity contribution in [1.82, 2.24) is 0 Å². The van der Waals surface area contributed by atoms with Crippen molar-refractivity contribution in [2.24, 2.45) is 5.92 Å². The average Bonchev–Trinajstić information content (AvgIpc) is 3.47. The first kappa shape index (κ1) is 32.4. The van der Waals surface area contributed by atoms with Crippen LogP contribution in [-0.4, -0.2) is 22.1 Å². The Hall–Kier alpha value is -3.48. The summed E-state index contributed by atoms with van der Waals surface area (Å²) in [7, 11) is 0. The number of anilines is 3. The second-order valence-electron chi connectivity index (χ2n) is 9.81. The Morgan fingerprint density at radius 1 is 0.930 bits per heavy atom. The molecule has 6 nitrogen and oxygen atoms in total. The fraction of sp³-hybridized carbons (Fsp3) is 0.250. The van der Waals surface area contributed by atoms with Crippen molar-refractivity contribution in [1.29, 1.82) is 0 Å². The van der Waals surface area contributed by atoms with Gasteiger partial charge in [-0.3, -0.25) is 14.4 Å². The predicted octanol–water partition coefficient (Wildman–Crippen LogP) is 7.75. The predicted molar refractivity (Wildman–Crippen MR) is 150 cm³/mol. The Kier molecular flexibility index (Phi) is 8.97. The summed E-state index contributed by atoms with van der Waals surface area (Å²) in [6, 6.07) is 6.82. The van der Waals surface area contributed by atoms with Crippen molar-refractivity contribution in [2.45, 2.75) is 36.7 Å². The maximum atomic E-state index is 14.7. The first-order valence-corrected chi connectivity index (χ1v) is 13.4. The number of rotatable bonds is 7. The fourth-order valence-corrected chi connectivity index (χ4v) is 5.60. The normalized spacial score (nSPS) is 17.3. The minimum absolute atomic E-state index is 0.0921. The second kappa shape index (κ2) is 11.9. The zero-order chi connectivity index (χ0) is 32.0. The molecule has 228 valence electrons. The molecule has 2 atom stereocenters. The third-order valence-corrected chi connectivity index (χ3v) is 8.09. The number of hydrogen-bond acceptors (Lipinski definition) is 3. The molecule has 1 fully saturated rings. The molecule has 4 rings (SSSR count). The number of carbonyl (C=O) groups is 3. The lowest BCUT2D eigenvalue weighted by molar-refractivity contribution is -0.140. The third kappa shape index (κ3) is 6.86. The molecule has 15 heteroatoms. The summed E-state index contributed by atoms with van der Waals surface area (Å²) in [5, 5.41) is 6.92. The summed E-state index contributed by atoms with van der Waals surface area (Å²) in [6.45, 7) is 2.67. The lowest BCUT2D eigenvalue weighted by atomic mass is 10.0. The van der Waals surface area contributed by atoms with Crippen LogP contribution in [0, 0.1) is 30.3 Å². The SMILES string of the molecule is CC(=O)Nc1ccc(F)c(NC(=O)Cc2cc(NC(=O)[C@H]3[C@H](c4ccc(F)c(C(F)(F)F)c4)C3(Cl)Cl)cc(C)c2Cl)c1F. The van der Waals surface area contributed by atoms with E-state index >= 15 is 0 Å². The van der Waals surface area contributed by atoms with Gasteiger partial charge in [0.1, 0.15) is 21.7 Å². The van der Waals surface area contributed by atoms with Crippen LogP contribution < -0.4 is 16.0 Å². The van der Waals surface area contributed by atoms with Gasteiger partial charge in [-0.1, -0.05) is 17.7 Å². The molecule has 1 saturated carbocycles. The van der Waals surface area contributed by atoms with E-state index in [1.54, 1.807) is 6.92 Å². The zero-order valence-corrected chi connectivity index (χ0v) is 24.3. The third-order valence-electron chi connectivity index (χ3n) is 6.61. The standard InChI is InChI=1S/C28H20Cl3F6N3O3/c1-11-7-15(39-26(43)22-21(27(22,30)31)13-3-4-17(32)16(9-13)28(35,36)37)8-14(23(11)29)10-20(42)40-25-18(33)5-6-19(24(25)34)38-12(2)41/h3-9,21-22H,10H2,1-2H3,(H,38,41)(H,39,43)(H,40,42)/t21-,22+/m0/s1. The molecular weight excluding hydrogens is 647 g/mol. The van der Waals surface area contributed by atoms with E-state index in [0.717, 1.165) is 25.1 Å². The number of alkyl halides is 5. The summed E-state index contributed by atoms with van der Waals surface area (Å²) < 4.78 is 80.5. The van der Waals surface area contributed by atoms with Crippen molar-refractivity contribution in [2.75, 3.05) is 16.0 Å². The summed E-state index contributed by atoms with van der Waals surface area (Å²) in [5.74, 6) is -8.39. The van der Waals surface area contributed by atoms with E-state index in [1.807, 2.05) is 0 Å². The highest BCUT2D eigenvalue weighted by atomic mass is 35.5. The van der Waals surface area contributed by atoms with Crippen molar-refractivity contribution < 1.29 is 40.7 Å². The summed E-state index contributed by atoms with van der Waals surface area (Å²) in [4.78, 5) is 37.1. The Labute approximate surface area is 255 Å². The number of carbonyl (C=O) groups excluding carboxylic acids is 3. The Morgan fingerprint density at radius 3 is 2.21 bits per heavy atom. The van der Waals surface area contributed by atoms with E-state index in [-0.39, 0.29) is 27.5 Å². The van der Waals surface area contributed by atoms with E-state index in [0.29, 0.717) is 17.7 Å². The second-order valence-corrected chi connectivity index (χ2v) is 11.6. The number of hydrogen-bond donors (Lipinski definition) is 3. The molecule has 3 amide bonds. The van der Waals surface area contributed by atoms with Gasteiger partial charge in [0.15, 0.2) is 5.82 Å². The van der Waals surface area contributed by atoms with Gasteiger partial charge in [-0.25, -0.2) is 13.2 Å². The topological polar surface area (TPSA) is 87.3 Å².